The van der Waals surface area contributed by atoms with E-state index in [1.807, 2.05) is 13.8 Å². The molecule has 0 saturated heterocycles. The Kier molecular flexibility index (Phi) is 5.94. The topological polar surface area (TPSA) is 46.6 Å². The van der Waals surface area contributed by atoms with Gasteiger partial charge in [-0.15, -0.1) is 6.42 Å². The standard InChI is InChI=1S/C12H17NO3/c1-6-8-13(10(14)7-2)11(9(3)4)12(15)16-5/h1,7,9,11H,2,8H2,3-5H3. The molecule has 4 heteroatoms. The molecule has 0 aromatic heterocycles. The van der Waals surface area contributed by atoms with Crippen LogP contribution in [-0.4, -0.2) is 36.5 Å². The summed E-state index contributed by atoms with van der Waals surface area (Å²) in [6.07, 6.45) is 6.31. The maximum Gasteiger partial charge on any atom is 0.328 e. The number of esters is 1. The summed E-state index contributed by atoms with van der Waals surface area (Å²) in [6.45, 7) is 7.08. The van der Waals surface area contributed by atoms with Crippen molar-refractivity contribution in [2.75, 3.05) is 13.7 Å². The molecule has 0 heterocycles. The van der Waals surface area contributed by atoms with E-state index < -0.39 is 12.0 Å². The molecule has 0 aliphatic heterocycles. The Hall–Kier alpha value is -1.76. The summed E-state index contributed by atoms with van der Waals surface area (Å²) in [7, 11) is 1.28. The first-order valence-corrected chi connectivity index (χ1v) is 4.93. The Labute approximate surface area is 96.3 Å². The quantitative estimate of drug-likeness (QED) is 0.394. The number of ether oxygens (including phenoxy) is 1. The first kappa shape index (κ1) is 14.2. The van der Waals surface area contributed by atoms with Gasteiger partial charge in [0.15, 0.2) is 0 Å². The van der Waals surface area contributed by atoms with E-state index in [4.69, 9.17) is 6.42 Å². The van der Waals surface area contributed by atoms with Crippen molar-refractivity contribution in [1.82, 2.24) is 4.90 Å². The third-order valence-electron chi connectivity index (χ3n) is 2.13. The number of rotatable bonds is 5. The van der Waals surface area contributed by atoms with Crippen molar-refractivity contribution in [3.63, 3.8) is 0 Å². The van der Waals surface area contributed by atoms with Crippen LogP contribution in [0.1, 0.15) is 13.8 Å². The molecule has 0 fully saturated rings. The van der Waals surface area contributed by atoms with Gasteiger partial charge >= 0.3 is 5.97 Å². The van der Waals surface area contributed by atoms with Crippen LogP contribution in [0, 0.1) is 18.3 Å². The number of terminal acetylenes is 1. The maximum atomic E-state index is 11.6. The van der Waals surface area contributed by atoms with Crippen molar-refractivity contribution in [2.45, 2.75) is 19.9 Å². The second kappa shape index (κ2) is 6.67. The number of carbonyl (C=O) groups excluding carboxylic acids is 2. The minimum Gasteiger partial charge on any atom is -0.467 e. The highest BCUT2D eigenvalue weighted by atomic mass is 16.5. The molecule has 88 valence electrons. The van der Waals surface area contributed by atoms with Crippen molar-refractivity contribution in [3.8, 4) is 12.3 Å². The molecule has 0 bridgehead atoms. The lowest BCUT2D eigenvalue weighted by Gasteiger charge is -2.29. The molecule has 0 saturated carbocycles. The molecule has 0 radical (unpaired) electrons. The zero-order valence-electron chi connectivity index (χ0n) is 9.90. The Morgan fingerprint density at radius 1 is 1.56 bits per heavy atom. The van der Waals surface area contributed by atoms with Crippen LogP contribution >= 0.6 is 0 Å². The molecular weight excluding hydrogens is 206 g/mol. The summed E-state index contributed by atoms with van der Waals surface area (Å²) >= 11 is 0. The number of methoxy groups -OCH3 is 1. The van der Waals surface area contributed by atoms with Gasteiger partial charge in [-0.25, -0.2) is 4.79 Å². The molecule has 0 spiro atoms. The second-order valence-corrected chi connectivity index (χ2v) is 3.59. The highest BCUT2D eigenvalue weighted by Crippen LogP contribution is 2.13. The van der Waals surface area contributed by atoms with Crippen LogP contribution in [0.5, 0.6) is 0 Å². The number of hydrogen-bond donors (Lipinski definition) is 0. The number of amides is 1. The fourth-order valence-corrected chi connectivity index (χ4v) is 1.41. The van der Waals surface area contributed by atoms with E-state index in [0.717, 1.165) is 6.08 Å². The average Bonchev–Trinajstić information content (AvgIpc) is 2.26. The number of carbonyl (C=O) groups is 2. The lowest BCUT2D eigenvalue weighted by atomic mass is 10.0. The van der Waals surface area contributed by atoms with Crippen LogP contribution in [0.25, 0.3) is 0 Å². The SMILES string of the molecule is C#CCN(C(=O)C=C)C(C(=O)OC)C(C)C. The number of nitrogens with zero attached hydrogens (tertiary/aromatic N) is 1. The van der Waals surface area contributed by atoms with E-state index in [-0.39, 0.29) is 18.4 Å². The van der Waals surface area contributed by atoms with Crippen LogP contribution in [0.4, 0.5) is 0 Å². The van der Waals surface area contributed by atoms with Crippen molar-refractivity contribution in [3.05, 3.63) is 12.7 Å². The fourth-order valence-electron chi connectivity index (χ4n) is 1.41. The van der Waals surface area contributed by atoms with Crippen LogP contribution in [0.3, 0.4) is 0 Å². The van der Waals surface area contributed by atoms with Gasteiger partial charge in [0.25, 0.3) is 0 Å². The Morgan fingerprint density at radius 3 is 2.44 bits per heavy atom. The third kappa shape index (κ3) is 3.43. The molecule has 0 aromatic carbocycles. The molecule has 0 N–H and O–H groups in total. The van der Waals surface area contributed by atoms with E-state index in [9.17, 15) is 9.59 Å². The van der Waals surface area contributed by atoms with Crippen molar-refractivity contribution >= 4 is 11.9 Å². The van der Waals surface area contributed by atoms with Crippen LogP contribution < -0.4 is 0 Å². The van der Waals surface area contributed by atoms with Gasteiger partial charge in [0, 0.05) is 0 Å². The molecule has 0 aromatic rings. The lowest BCUT2D eigenvalue weighted by molar-refractivity contribution is -0.152. The molecule has 1 amide bonds. The van der Waals surface area contributed by atoms with Crippen molar-refractivity contribution in [1.29, 1.82) is 0 Å². The van der Waals surface area contributed by atoms with Crippen molar-refractivity contribution < 1.29 is 14.3 Å². The normalized spacial score (nSPS) is 11.4. The fraction of sp³-hybridized carbons (Fsp3) is 0.500. The van der Waals surface area contributed by atoms with E-state index in [0.29, 0.717) is 0 Å². The van der Waals surface area contributed by atoms with E-state index in [1.54, 1.807) is 0 Å². The van der Waals surface area contributed by atoms with Crippen LogP contribution in [-0.2, 0) is 14.3 Å². The molecule has 1 atom stereocenters. The molecule has 4 nitrogen and oxygen atoms in total. The first-order valence-electron chi connectivity index (χ1n) is 4.93. The predicted octanol–water partition coefficient (Wildman–Crippen LogP) is 0.832. The highest BCUT2D eigenvalue weighted by molar-refractivity contribution is 5.91. The second-order valence-electron chi connectivity index (χ2n) is 3.59. The summed E-state index contributed by atoms with van der Waals surface area (Å²) < 4.78 is 4.66. The largest absolute Gasteiger partial charge is 0.467 e. The molecular formula is C12H17NO3. The average molecular weight is 223 g/mol. The van der Waals surface area contributed by atoms with Gasteiger partial charge in [0.1, 0.15) is 6.04 Å². The van der Waals surface area contributed by atoms with Gasteiger partial charge in [-0.05, 0) is 12.0 Å². The number of hydrogen-bond acceptors (Lipinski definition) is 3. The Balaban J connectivity index is 5.10. The minimum absolute atomic E-state index is 0.0583. The molecule has 16 heavy (non-hydrogen) atoms. The van der Waals surface area contributed by atoms with Gasteiger partial charge in [-0.3, -0.25) is 4.79 Å². The molecule has 0 rings (SSSR count). The lowest BCUT2D eigenvalue weighted by Crippen LogP contribution is -2.48. The summed E-state index contributed by atoms with van der Waals surface area (Å²) in [6, 6.07) is -0.674. The zero-order chi connectivity index (χ0) is 12.7. The van der Waals surface area contributed by atoms with E-state index >= 15 is 0 Å². The predicted molar refractivity (Wildman–Crippen MR) is 61.4 cm³/mol. The van der Waals surface area contributed by atoms with E-state index in [1.165, 1.54) is 12.0 Å². The van der Waals surface area contributed by atoms with Gasteiger partial charge in [0.05, 0.1) is 13.7 Å². The van der Waals surface area contributed by atoms with Gasteiger partial charge in [0.2, 0.25) is 5.91 Å². The maximum absolute atomic E-state index is 11.6. The highest BCUT2D eigenvalue weighted by Gasteiger charge is 2.31. The third-order valence-corrected chi connectivity index (χ3v) is 2.13. The van der Waals surface area contributed by atoms with E-state index in [2.05, 4.69) is 17.2 Å². The first-order chi connectivity index (χ1) is 7.49. The molecule has 1 unspecified atom stereocenters. The zero-order valence-corrected chi connectivity index (χ0v) is 9.90. The Morgan fingerprint density at radius 2 is 2.12 bits per heavy atom. The Bertz CT molecular complexity index is 315. The van der Waals surface area contributed by atoms with Gasteiger partial charge < -0.3 is 9.64 Å². The van der Waals surface area contributed by atoms with Gasteiger partial charge in [-0.1, -0.05) is 26.3 Å². The van der Waals surface area contributed by atoms with Gasteiger partial charge in [-0.2, -0.15) is 0 Å². The monoisotopic (exact) mass is 223 g/mol. The van der Waals surface area contributed by atoms with Crippen molar-refractivity contribution in [2.24, 2.45) is 5.92 Å². The summed E-state index contributed by atoms with van der Waals surface area (Å²) in [4.78, 5) is 24.4. The smallest absolute Gasteiger partial charge is 0.328 e. The van der Waals surface area contributed by atoms with Crippen LogP contribution in [0.15, 0.2) is 12.7 Å². The minimum atomic E-state index is -0.674. The molecule has 0 aliphatic carbocycles. The summed E-state index contributed by atoms with van der Waals surface area (Å²) in [5.74, 6) is 1.42. The van der Waals surface area contributed by atoms with Crippen LogP contribution in [0.2, 0.25) is 0 Å². The molecule has 0 aliphatic rings. The summed E-state index contributed by atoms with van der Waals surface area (Å²) in [5.41, 5.74) is 0. The summed E-state index contributed by atoms with van der Waals surface area (Å²) in [5, 5.41) is 0.